The van der Waals surface area contributed by atoms with Crippen molar-refractivity contribution in [2.24, 2.45) is 17.6 Å². The van der Waals surface area contributed by atoms with E-state index in [4.69, 9.17) is 15.2 Å². The molecule has 0 radical (unpaired) electrons. The van der Waals surface area contributed by atoms with Crippen LogP contribution in [0.25, 0.3) is 0 Å². The van der Waals surface area contributed by atoms with Gasteiger partial charge in [-0.1, -0.05) is 26.0 Å². The summed E-state index contributed by atoms with van der Waals surface area (Å²) in [5.74, 6) is 1.36. The second kappa shape index (κ2) is 8.59. The highest BCUT2D eigenvalue weighted by atomic mass is 16.5. The van der Waals surface area contributed by atoms with Crippen LogP contribution in [0, 0.1) is 11.8 Å². The summed E-state index contributed by atoms with van der Waals surface area (Å²) in [6.07, 6.45) is 1.35. The molecule has 0 spiro atoms. The van der Waals surface area contributed by atoms with Gasteiger partial charge in [0.2, 0.25) is 0 Å². The Morgan fingerprint density at radius 1 is 1.25 bits per heavy atom. The van der Waals surface area contributed by atoms with Gasteiger partial charge in [-0.25, -0.2) is 0 Å². The molecule has 112 valence electrons. The first-order valence-corrected chi connectivity index (χ1v) is 7.03. The first-order valence-electron chi connectivity index (χ1n) is 7.03. The van der Waals surface area contributed by atoms with Crippen molar-refractivity contribution in [2.45, 2.75) is 33.3 Å². The van der Waals surface area contributed by atoms with Gasteiger partial charge in [-0.05, 0) is 42.5 Å². The van der Waals surface area contributed by atoms with Crippen LogP contribution >= 0.6 is 0 Å². The number of nitrogens with two attached hydrogens (primary N) is 1. The lowest BCUT2D eigenvalue weighted by Crippen LogP contribution is -2.21. The van der Waals surface area contributed by atoms with Gasteiger partial charge in [-0.3, -0.25) is 4.79 Å². The summed E-state index contributed by atoms with van der Waals surface area (Å²) < 4.78 is 10.4. The normalized spacial score (nSPS) is 12.2. The summed E-state index contributed by atoms with van der Waals surface area (Å²) in [7, 11) is 1.62. The van der Waals surface area contributed by atoms with Gasteiger partial charge in [0.25, 0.3) is 0 Å². The molecule has 2 N–H and O–H groups in total. The van der Waals surface area contributed by atoms with Gasteiger partial charge in [0.05, 0.1) is 7.11 Å². The molecule has 4 heteroatoms. The Hall–Kier alpha value is -1.55. The first kappa shape index (κ1) is 16.5. The lowest BCUT2D eigenvalue weighted by molar-refractivity contribution is -0.146. The lowest BCUT2D eigenvalue weighted by Gasteiger charge is -2.16. The SMILES string of the molecule is COc1ccc(COC(=O)C[C@@H](CN)CC(C)C)cc1. The summed E-state index contributed by atoms with van der Waals surface area (Å²) in [6, 6.07) is 7.48. The molecule has 0 unspecified atom stereocenters. The number of hydrogen-bond donors (Lipinski definition) is 1. The Morgan fingerprint density at radius 2 is 1.90 bits per heavy atom. The molecule has 0 aliphatic rings. The van der Waals surface area contributed by atoms with Crippen LogP contribution in [0.2, 0.25) is 0 Å². The minimum Gasteiger partial charge on any atom is -0.497 e. The highest BCUT2D eigenvalue weighted by Gasteiger charge is 2.15. The van der Waals surface area contributed by atoms with Crippen LogP contribution in [0.3, 0.4) is 0 Å². The number of carbonyl (C=O) groups is 1. The standard InChI is InChI=1S/C16H25NO3/c1-12(2)8-14(10-17)9-16(18)20-11-13-4-6-15(19-3)7-5-13/h4-7,12,14H,8-11,17H2,1-3H3/t14-/m0/s1. The molecule has 1 aromatic rings. The van der Waals surface area contributed by atoms with Crippen molar-refractivity contribution in [1.29, 1.82) is 0 Å². The summed E-state index contributed by atoms with van der Waals surface area (Å²) >= 11 is 0. The van der Waals surface area contributed by atoms with Gasteiger partial charge in [0, 0.05) is 6.42 Å². The molecule has 0 aromatic heterocycles. The van der Waals surface area contributed by atoms with E-state index in [1.54, 1.807) is 7.11 Å². The Balaban J connectivity index is 2.37. The third-order valence-electron chi connectivity index (χ3n) is 3.15. The van der Waals surface area contributed by atoms with Crippen molar-refractivity contribution in [3.63, 3.8) is 0 Å². The summed E-state index contributed by atoms with van der Waals surface area (Å²) in [5, 5.41) is 0. The van der Waals surface area contributed by atoms with Crippen molar-refractivity contribution in [3.05, 3.63) is 29.8 Å². The van der Waals surface area contributed by atoms with E-state index in [1.165, 1.54) is 0 Å². The van der Waals surface area contributed by atoms with Crippen LogP contribution in [0.1, 0.15) is 32.3 Å². The maximum absolute atomic E-state index is 11.8. The van der Waals surface area contributed by atoms with Crippen molar-refractivity contribution in [2.75, 3.05) is 13.7 Å². The fraction of sp³-hybridized carbons (Fsp3) is 0.562. The molecule has 0 amide bonds. The Bertz CT molecular complexity index is 401. The Morgan fingerprint density at radius 3 is 2.40 bits per heavy atom. The van der Waals surface area contributed by atoms with E-state index in [1.807, 2.05) is 24.3 Å². The average Bonchev–Trinajstić information content (AvgIpc) is 2.44. The van der Waals surface area contributed by atoms with Gasteiger partial charge in [0.15, 0.2) is 0 Å². The van der Waals surface area contributed by atoms with E-state index in [2.05, 4.69) is 13.8 Å². The van der Waals surface area contributed by atoms with E-state index in [9.17, 15) is 4.79 Å². The largest absolute Gasteiger partial charge is 0.497 e. The first-order chi connectivity index (χ1) is 9.55. The fourth-order valence-corrected chi connectivity index (χ4v) is 2.11. The van der Waals surface area contributed by atoms with Crippen molar-refractivity contribution in [3.8, 4) is 5.75 Å². The molecule has 0 bridgehead atoms. The zero-order chi connectivity index (χ0) is 15.0. The fourth-order valence-electron chi connectivity index (χ4n) is 2.11. The summed E-state index contributed by atoms with van der Waals surface area (Å²) in [6.45, 7) is 5.08. The van der Waals surface area contributed by atoms with Crippen LogP contribution < -0.4 is 10.5 Å². The van der Waals surface area contributed by atoms with Crippen LogP contribution in [-0.2, 0) is 16.1 Å². The van der Waals surface area contributed by atoms with Crippen molar-refractivity contribution in [1.82, 2.24) is 0 Å². The van der Waals surface area contributed by atoms with Gasteiger partial charge < -0.3 is 15.2 Å². The predicted octanol–water partition coefficient (Wildman–Crippen LogP) is 2.75. The molecule has 0 heterocycles. The van der Waals surface area contributed by atoms with Gasteiger partial charge in [-0.15, -0.1) is 0 Å². The average molecular weight is 279 g/mol. The topological polar surface area (TPSA) is 61.5 Å². The number of hydrogen-bond acceptors (Lipinski definition) is 4. The highest BCUT2D eigenvalue weighted by Crippen LogP contribution is 2.16. The number of carbonyl (C=O) groups excluding carboxylic acids is 1. The molecule has 0 fully saturated rings. The Labute approximate surface area is 121 Å². The second-order valence-corrected chi connectivity index (χ2v) is 5.44. The molecule has 0 aliphatic carbocycles. The summed E-state index contributed by atoms with van der Waals surface area (Å²) in [5.41, 5.74) is 6.64. The quantitative estimate of drug-likeness (QED) is 0.743. The van der Waals surface area contributed by atoms with Crippen molar-refractivity contribution >= 4 is 5.97 Å². The van der Waals surface area contributed by atoms with E-state index < -0.39 is 0 Å². The van der Waals surface area contributed by atoms with Gasteiger partial charge >= 0.3 is 5.97 Å². The second-order valence-electron chi connectivity index (χ2n) is 5.44. The Kier molecular flexibility index (Phi) is 7.09. The monoisotopic (exact) mass is 279 g/mol. The smallest absolute Gasteiger partial charge is 0.306 e. The number of benzene rings is 1. The van der Waals surface area contributed by atoms with Crippen LogP contribution in [0.4, 0.5) is 0 Å². The third kappa shape index (κ3) is 6.06. The summed E-state index contributed by atoms with van der Waals surface area (Å²) in [4.78, 5) is 11.8. The minimum absolute atomic E-state index is 0.183. The third-order valence-corrected chi connectivity index (χ3v) is 3.15. The molecular formula is C16H25NO3. The molecule has 20 heavy (non-hydrogen) atoms. The molecule has 0 saturated carbocycles. The molecule has 1 aromatic carbocycles. The predicted molar refractivity (Wildman–Crippen MR) is 79.4 cm³/mol. The molecule has 0 saturated heterocycles. The van der Waals surface area contributed by atoms with Crippen LogP contribution in [0.15, 0.2) is 24.3 Å². The molecule has 1 rings (SSSR count). The zero-order valence-electron chi connectivity index (χ0n) is 12.6. The number of ether oxygens (including phenoxy) is 2. The zero-order valence-corrected chi connectivity index (χ0v) is 12.6. The van der Waals surface area contributed by atoms with Crippen LogP contribution in [-0.4, -0.2) is 19.6 Å². The lowest BCUT2D eigenvalue weighted by atomic mass is 9.94. The van der Waals surface area contributed by atoms with E-state index >= 15 is 0 Å². The number of rotatable bonds is 8. The van der Waals surface area contributed by atoms with Gasteiger partial charge in [-0.2, -0.15) is 0 Å². The highest BCUT2D eigenvalue weighted by molar-refractivity contribution is 5.69. The molecule has 1 atom stereocenters. The maximum atomic E-state index is 11.8. The number of esters is 1. The molecular weight excluding hydrogens is 254 g/mol. The van der Waals surface area contributed by atoms with Crippen molar-refractivity contribution < 1.29 is 14.3 Å². The molecule has 0 aliphatic heterocycles. The van der Waals surface area contributed by atoms with Crippen LogP contribution in [0.5, 0.6) is 5.75 Å². The molecule has 4 nitrogen and oxygen atoms in total. The van der Waals surface area contributed by atoms with E-state index in [0.29, 0.717) is 25.5 Å². The number of methoxy groups -OCH3 is 1. The van der Waals surface area contributed by atoms with Gasteiger partial charge in [0.1, 0.15) is 12.4 Å². The minimum atomic E-state index is -0.183. The maximum Gasteiger partial charge on any atom is 0.306 e. The van der Waals surface area contributed by atoms with E-state index in [-0.39, 0.29) is 11.9 Å². The van der Waals surface area contributed by atoms with E-state index in [0.717, 1.165) is 17.7 Å².